The van der Waals surface area contributed by atoms with Gasteiger partial charge in [-0.2, -0.15) is 5.21 Å². The molecule has 0 radical (unpaired) electrons. The maximum atomic E-state index is 12.1. The van der Waals surface area contributed by atoms with E-state index < -0.39 is 0 Å². The van der Waals surface area contributed by atoms with E-state index in [4.69, 9.17) is 0 Å². The van der Waals surface area contributed by atoms with Gasteiger partial charge in [0.2, 0.25) is 0 Å². The van der Waals surface area contributed by atoms with E-state index in [2.05, 4.69) is 36.2 Å². The van der Waals surface area contributed by atoms with Gasteiger partial charge < -0.3 is 10.6 Å². The van der Waals surface area contributed by atoms with E-state index in [9.17, 15) is 4.79 Å². The van der Waals surface area contributed by atoms with Gasteiger partial charge in [-0.3, -0.25) is 4.79 Å². The summed E-state index contributed by atoms with van der Waals surface area (Å²) in [7, 11) is 0. The van der Waals surface area contributed by atoms with Crippen LogP contribution >= 0.6 is 0 Å². The highest BCUT2D eigenvalue weighted by Gasteiger charge is 2.15. The molecular weight excluding hydrogens is 246 g/mol. The van der Waals surface area contributed by atoms with Crippen LogP contribution in [0.1, 0.15) is 36.1 Å². The number of nitrogens with zero attached hydrogens (tertiary/aromatic N) is 4. The predicted octanol–water partition coefficient (Wildman–Crippen LogP) is 0.517. The van der Waals surface area contributed by atoms with Crippen LogP contribution in [0.2, 0.25) is 0 Å². The number of aromatic nitrogens is 5. The number of amides is 1. The number of hydrogen-bond acceptors (Lipinski definition) is 6. The molecule has 2 heterocycles. The maximum Gasteiger partial charge on any atom is 0.252 e. The Labute approximate surface area is 110 Å². The summed E-state index contributed by atoms with van der Waals surface area (Å²) >= 11 is 0. The fraction of sp³-hybridized carbons (Fsp3) is 0.364. The maximum absolute atomic E-state index is 12.1. The van der Waals surface area contributed by atoms with Gasteiger partial charge in [0.25, 0.3) is 5.91 Å². The quantitative estimate of drug-likeness (QED) is 0.724. The summed E-state index contributed by atoms with van der Waals surface area (Å²) in [4.78, 5) is 16.2. The second-order valence-electron chi connectivity index (χ2n) is 3.93. The molecule has 0 saturated heterocycles. The molecule has 0 fully saturated rings. The van der Waals surface area contributed by atoms with Crippen molar-refractivity contribution in [2.45, 2.75) is 19.9 Å². The van der Waals surface area contributed by atoms with Crippen molar-refractivity contribution in [3.8, 4) is 0 Å². The van der Waals surface area contributed by atoms with Gasteiger partial charge in [-0.15, -0.1) is 10.2 Å². The smallest absolute Gasteiger partial charge is 0.252 e. The van der Waals surface area contributed by atoms with E-state index in [0.29, 0.717) is 17.2 Å². The van der Waals surface area contributed by atoms with Crippen LogP contribution in [0, 0.1) is 0 Å². The molecule has 2 aromatic rings. The summed E-state index contributed by atoms with van der Waals surface area (Å²) in [5, 5.41) is 19.3. The molecule has 1 amide bonds. The first kappa shape index (κ1) is 12.9. The second kappa shape index (κ2) is 5.89. The average molecular weight is 261 g/mol. The SMILES string of the molecule is CCNc1cc(C(=O)NC(C)c2nn[nH]n2)ccn1. The third kappa shape index (κ3) is 3.24. The first-order chi connectivity index (χ1) is 9.20. The summed E-state index contributed by atoms with van der Waals surface area (Å²) in [6.45, 7) is 4.50. The molecule has 0 bridgehead atoms. The Kier molecular flexibility index (Phi) is 4.01. The molecule has 0 aliphatic rings. The molecule has 3 N–H and O–H groups in total. The third-order valence-corrected chi connectivity index (χ3v) is 2.48. The van der Waals surface area contributed by atoms with Crippen LogP contribution in [0.3, 0.4) is 0 Å². The minimum Gasteiger partial charge on any atom is -0.370 e. The van der Waals surface area contributed by atoms with Gasteiger partial charge in [0.1, 0.15) is 5.82 Å². The topological polar surface area (TPSA) is 108 Å². The van der Waals surface area contributed by atoms with Crippen molar-refractivity contribution in [3.05, 3.63) is 29.7 Å². The molecule has 19 heavy (non-hydrogen) atoms. The lowest BCUT2D eigenvalue weighted by Gasteiger charge is -2.10. The van der Waals surface area contributed by atoms with E-state index >= 15 is 0 Å². The molecular formula is C11H15N7O. The Morgan fingerprint density at radius 1 is 1.53 bits per heavy atom. The van der Waals surface area contributed by atoms with Gasteiger partial charge in [0.05, 0.1) is 6.04 Å². The number of aromatic amines is 1. The second-order valence-corrected chi connectivity index (χ2v) is 3.93. The number of H-pyrrole nitrogens is 1. The minimum atomic E-state index is -0.318. The van der Waals surface area contributed by atoms with Crippen molar-refractivity contribution in [2.24, 2.45) is 0 Å². The lowest BCUT2D eigenvalue weighted by Crippen LogP contribution is -2.27. The number of hydrogen-bond donors (Lipinski definition) is 3. The van der Waals surface area contributed by atoms with Crippen molar-refractivity contribution >= 4 is 11.7 Å². The molecule has 1 unspecified atom stereocenters. The highest BCUT2D eigenvalue weighted by Crippen LogP contribution is 2.09. The van der Waals surface area contributed by atoms with Crippen LogP contribution in [0.15, 0.2) is 18.3 Å². The largest absolute Gasteiger partial charge is 0.370 e. The molecule has 8 nitrogen and oxygen atoms in total. The molecule has 2 rings (SSSR count). The molecule has 0 aliphatic carbocycles. The van der Waals surface area contributed by atoms with E-state index in [1.165, 1.54) is 0 Å². The number of pyridine rings is 1. The fourth-order valence-corrected chi connectivity index (χ4v) is 1.55. The van der Waals surface area contributed by atoms with Gasteiger partial charge in [0.15, 0.2) is 5.82 Å². The van der Waals surface area contributed by atoms with Crippen LogP contribution in [-0.4, -0.2) is 38.1 Å². The molecule has 1 atom stereocenters. The number of carbonyl (C=O) groups excluding carboxylic acids is 1. The van der Waals surface area contributed by atoms with Crippen LogP contribution in [-0.2, 0) is 0 Å². The lowest BCUT2D eigenvalue weighted by molar-refractivity contribution is 0.0938. The predicted molar refractivity (Wildman–Crippen MR) is 68.5 cm³/mol. The zero-order valence-electron chi connectivity index (χ0n) is 10.7. The summed E-state index contributed by atoms with van der Waals surface area (Å²) in [5.41, 5.74) is 0.529. The summed E-state index contributed by atoms with van der Waals surface area (Å²) in [6.07, 6.45) is 1.59. The summed E-state index contributed by atoms with van der Waals surface area (Å²) in [5.74, 6) is 0.899. The number of tetrazole rings is 1. The summed E-state index contributed by atoms with van der Waals surface area (Å²) < 4.78 is 0. The first-order valence-corrected chi connectivity index (χ1v) is 5.95. The Bertz CT molecular complexity index is 540. The molecule has 0 spiro atoms. The number of carbonyl (C=O) groups is 1. The lowest BCUT2D eigenvalue weighted by atomic mass is 10.2. The van der Waals surface area contributed by atoms with Gasteiger partial charge in [-0.1, -0.05) is 5.21 Å². The molecule has 0 aromatic carbocycles. The summed E-state index contributed by atoms with van der Waals surface area (Å²) in [6, 6.07) is 3.03. The Morgan fingerprint density at radius 3 is 3.05 bits per heavy atom. The van der Waals surface area contributed by atoms with Gasteiger partial charge in [0, 0.05) is 18.3 Å². The highest BCUT2D eigenvalue weighted by atomic mass is 16.1. The number of nitrogens with one attached hydrogen (secondary N) is 3. The number of anilines is 1. The van der Waals surface area contributed by atoms with Crippen LogP contribution < -0.4 is 10.6 Å². The standard InChI is InChI=1S/C11H15N7O/c1-3-12-9-6-8(4-5-13-9)11(19)14-7(2)10-15-17-18-16-10/h4-7H,3H2,1-2H3,(H,12,13)(H,14,19)(H,15,16,17,18). The Hall–Kier alpha value is -2.51. The normalized spacial score (nSPS) is 11.9. The average Bonchev–Trinajstić information content (AvgIpc) is 2.93. The van der Waals surface area contributed by atoms with Crippen molar-refractivity contribution in [3.63, 3.8) is 0 Å². The van der Waals surface area contributed by atoms with Gasteiger partial charge in [-0.25, -0.2) is 4.98 Å². The number of rotatable bonds is 5. The molecule has 0 saturated carbocycles. The molecule has 2 aromatic heterocycles. The molecule has 0 aliphatic heterocycles. The van der Waals surface area contributed by atoms with Crippen molar-refractivity contribution < 1.29 is 4.79 Å². The Morgan fingerprint density at radius 2 is 2.37 bits per heavy atom. The first-order valence-electron chi connectivity index (χ1n) is 5.95. The van der Waals surface area contributed by atoms with E-state index in [1.54, 1.807) is 25.3 Å². The fourth-order valence-electron chi connectivity index (χ4n) is 1.55. The highest BCUT2D eigenvalue weighted by molar-refractivity contribution is 5.94. The van der Waals surface area contributed by atoms with Crippen LogP contribution in [0.5, 0.6) is 0 Å². The van der Waals surface area contributed by atoms with Crippen molar-refractivity contribution in [1.29, 1.82) is 0 Å². The van der Waals surface area contributed by atoms with Crippen molar-refractivity contribution in [2.75, 3.05) is 11.9 Å². The van der Waals surface area contributed by atoms with E-state index in [0.717, 1.165) is 6.54 Å². The Balaban J connectivity index is 2.05. The zero-order valence-corrected chi connectivity index (χ0v) is 10.7. The van der Waals surface area contributed by atoms with Crippen LogP contribution in [0.25, 0.3) is 0 Å². The van der Waals surface area contributed by atoms with E-state index in [-0.39, 0.29) is 11.9 Å². The van der Waals surface area contributed by atoms with Crippen LogP contribution in [0.4, 0.5) is 5.82 Å². The zero-order chi connectivity index (χ0) is 13.7. The van der Waals surface area contributed by atoms with Gasteiger partial charge in [-0.05, 0) is 26.0 Å². The van der Waals surface area contributed by atoms with E-state index in [1.807, 2.05) is 6.92 Å². The van der Waals surface area contributed by atoms with Gasteiger partial charge >= 0.3 is 0 Å². The molecule has 8 heteroatoms. The van der Waals surface area contributed by atoms with Crippen molar-refractivity contribution in [1.82, 2.24) is 30.9 Å². The monoisotopic (exact) mass is 261 g/mol. The molecule has 100 valence electrons. The third-order valence-electron chi connectivity index (χ3n) is 2.48. The minimum absolute atomic E-state index is 0.209.